The summed E-state index contributed by atoms with van der Waals surface area (Å²) in [6.07, 6.45) is 2.19. The quantitative estimate of drug-likeness (QED) is 0.664. The van der Waals surface area contributed by atoms with Gasteiger partial charge < -0.3 is 10.0 Å². The van der Waals surface area contributed by atoms with E-state index >= 15 is 0 Å². The number of nitrogens with zero attached hydrogens (tertiary/aromatic N) is 4. The highest BCUT2D eigenvalue weighted by atomic mass is 32.2. The Balaban J connectivity index is 1.91. The zero-order chi connectivity index (χ0) is 14.8. The standard InChI is InChI=1S/C10H17N5O4S/c11-20(18,19)7-8-5-15(13-12-8)6-10(17)14-3-1-9(16)2-4-14/h5,9,16H,1-4,6-7H2,(H2,11,18,19). The minimum Gasteiger partial charge on any atom is -0.393 e. The molecule has 0 aromatic carbocycles. The van der Waals surface area contributed by atoms with Crippen LogP contribution in [0.3, 0.4) is 0 Å². The second-order valence-electron chi connectivity index (χ2n) is 4.83. The second kappa shape index (κ2) is 5.85. The first-order chi connectivity index (χ1) is 9.33. The van der Waals surface area contributed by atoms with Gasteiger partial charge in [0.05, 0.1) is 18.0 Å². The zero-order valence-corrected chi connectivity index (χ0v) is 11.7. The maximum Gasteiger partial charge on any atom is 0.244 e. The van der Waals surface area contributed by atoms with Gasteiger partial charge in [-0.15, -0.1) is 5.10 Å². The first kappa shape index (κ1) is 14.9. The molecule has 0 aliphatic carbocycles. The van der Waals surface area contributed by atoms with E-state index in [-0.39, 0.29) is 24.2 Å². The summed E-state index contributed by atoms with van der Waals surface area (Å²) in [5.41, 5.74) is 0.203. The van der Waals surface area contributed by atoms with E-state index in [4.69, 9.17) is 5.14 Å². The molecule has 2 heterocycles. The average molecular weight is 303 g/mol. The molecule has 1 aliphatic rings. The van der Waals surface area contributed by atoms with Crippen LogP contribution in [0.1, 0.15) is 18.5 Å². The molecule has 0 atom stereocenters. The Hall–Kier alpha value is -1.52. The number of nitrogens with two attached hydrogens (primary N) is 1. The van der Waals surface area contributed by atoms with Crippen LogP contribution in [0.4, 0.5) is 0 Å². The van der Waals surface area contributed by atoms with Crippen molar-refractivity contribution in [1.29, 1.82) is 0 Å². The first-order valence-electron chi connectivity index (χ1n) is 6.19. The molecular formula is C10H17N5O4S. The van der Waals surface area contributed by atoms with Gasteiger partial charge in [0.15, 0.2) is 0 Å². The van der Waals surface area contributed by atoms with Crippen molar-refractivity contribution in [3.05, 3.63) is 11.9 Å². The third kappa shape index (κ3) is 4.25. The van der Waals surface area contributed by atoms with Gasteiger partial charge in [-0.25, -0.2) is 18.2 Å². The smallest absolute Gasteiger partial charge is 0.244 e. The molecule has 0 saturated carbocycles. The van der Waals surface area contributed by atoms with Crippen molar-refractivity contribution in [2.45, 2.75) is 31.2 Å². The number of rotatable bonds is 4. The molecule has 1 aromatic rings. The Morgan fingerprint density at radius 3 is 2.70 bits per heavy atom. The number of amides is 1. The second-order valence-corrected chi connectivity index (χ2v) is 6.44. The van der Waals surface area contributed by atoms with Gasteiger partial charge in [0.1, 0.15) is 12.3 Å². The van der Waals surface area contributed by atoms with Crippen molar-refractivity contribution in [2.24, 2.45) is 5.14 Å². The molecule has 1 saturated heterocycles. The first-order valence-corrected chi connectivity index (χ1v) is 7.90. The van der Waals surface area contributed by atoms with Gasteiger partial charge in [0.25, 0.3) is 0 Å². The summed E-state index contributed by atoms with van der Waals surface area (Å²) in [6, 6.07) is 0. The SMILES string of the molecule is NS(=O)(=O)Cc1cn(CC(=O)N2CCC(O)CC2)nn1. The average Bonchev–Trinajstić information content (AvgIpc) is 2.74. The molecule has 0 unspecified atom stereocenters. The van der Waals surface area contributed by atoms with E-state index in [0.29, 0.717) is 25.9 Å². The Labute approximate surface area is 116 Å². The summed E-state index contributed by atoms with van der Waals surface area (Å²) < 4.78 is 23.1. The van der Waals surface area contributed by atoms with Gasteiger partial charge >= 0.3 is 0 Å². The lowest BCUT2D eigenvalue weighted by molar-refractivity contribution is -0.134. The fraction of sp³-hybridized carbons (Fsp3) is 0.700. The van der Waals surface area contributed by atoms with Gasteiger partial charge in [-0.05, 0) is 12.8 Å². The lowest BCUT2D eigenvalue weighted by Gasteiger charge is -2.29. The van der Waals surface area contributed by atoms with Crippen molar-refractivity contribution in [3.63, 3.8) is 0 Å². The number of primary sulfonamides is 1. The predicted octanol–water partition coefficient (Wildman–Crippen LogP) is -1.95. The predicted molar refractivity (Wildman–Crippen MR) is 68.7 cm³/mol. The third-order valence-corrected chi connectivity index (χ3v) is 3.75. The maximum absolute atomic E-state index is 12.0. The summed E-state index contributed by atoms with van der Waals surface area (Å²) in [5.74, 6) is -0.541. The normalized spacial score (nSPS) is 17.4. The molecule has 1 aliphatic heterocycles. The van der Waals surface area contributed by atoms with Gasteiger partial charge in [0, 0.05) is 13.1 Å². The Morgan fingerprint density at radius 2 is 2.10 bits per heavy atom. The monoisotopic (exact) mass is 303 g/mol. The van der Waals surface area contributed by atoms with Crippen LogP contribution in [-0.4, -0.2) is 58.5 Å². The summed E-state index contributed by atoms with van der Waals surface area (Å²) in [5, 5.41) is 21.6. The van der Waals surface area contributed by atoms with Crippen LogP contribution in [0.5, 0.6) is 0 Å². The Kier molecular flexibility index (Phi) is 4.35. The Bertz CT molecular complexity index is 576. The van der Waals surface area contributed by atoms with E-state index in [1.54, 1.807) is 4.90 Å². The highest BCUT2D eigenvalue weighted by molar-refractivity contribution is 7.88. The number of hydrogen-bond donors (Lipinski definition) is 2. The maximum atomic E-state index is 12.0. The minimum atomic E-state index is -3.66. The number of carbonyl (C=O) groups is 1. The molecular weight excluding hydrogens is 286 g/mol. The molecule has 10 heteroatoms. The number of aromatic nitrogens is 3. The minimum absolute atomic E-state index is 0.00624. The fourth-order valence-electron chi connectivity index (χ4n) is 2.04. The highest BCUT2D eigenvalue weighted by Gasteiger charge is 2.21. The number of hydrogen-bond acceptors (Lipinski definition) is 6. The molecule has 20 heavy (non-hydrogen) atoms. The van der Waals surface area contributed by atoms with Crippen molar-refractivity contribution in [3.8, 4) is 0 Å². The molecule has 0 bridgehead atoms. The van der Waals surface area contributed by atoms with Gasteiger partial charge in [-0.3, -0.25) is 4.79 Å². The van der Waals surface area contributed by atoms with Crippen LogP contribution in [0.15, 0.2) is 6.20 Å². The number of aliphatic hydroxyl groups excluding tert-OH is 1. The van der Waals surface area contributed by atoms with Crippen LogP contribution in [-0.2, 0) is 27.1 Å². The van der Waals surface area contributed by atoms with E-state index in [2.05, 4.69) is 10.3 Å². The summed E-state index contributed by atoms with van der Waals surface area (Å²) in [6.45, 7) is 1.02. The highest BCUT2D eigenvalue weighted by Crippen LogP contribution is 2.10. The third-order valence-electron chi connectivity index (χ3n) is 3.05. The molecule has 1 aromatic heterocycles. The van der Waals surface area contributed by atoms with Crippen LogP contribution in [0.2, 0.25) is 0 Å². The molecule has 9 nitrogen and oxygen atoms in total. The molecule has 112 valence electrons. The van der Waals surface area contributed by atoms with Gasteiger partial charge in [-0.2, -0.15) is 0 Å². The van der Waals surface area contributed by atoms with E-state index in [0.717, 1.165) is 0 Å². The van der Waals surface area contributed by atoms with E-state index in [9.17, 15) is 18.3 Å². The van der Waals surface area contributed by atoms with Crippen LogP contribution >= 0.6 is 0 Å². The number of likely N-dealkylation sites (tertiary alicyclic amines) is 1. The van der Waals surface area contributed by atoms with Crippen molar-refractivity contribution < 1.29 is 18.3 Å². The van der Waals surface area contributed by atoms with Gasteiger partial charge in [-0.1, -0.05) is 5.21 Å². The van der Waals surface area contributed by atoms with Crippen molar-refractivity contribution >= 4 is 15.9 Å². The van der Waals surface area contributed by atoms with Crippen molar-refractivity contribution in [2.75, 3.05) is 13.1 Å². The number of sulfonamides is 1. The van der Waals surface area contributed by atoms with E-state index in [1.807, 2.05) is 0 Å². The van der Waals surface area contributed by atoms with Crippen LogP contribution < -0.4 is 5.14 Å². The molecule has 1 fully saturated rings. The zero-order valence-electron chi connectivity index (χ0n) is 10.8. The fourth-order valence-corrected chi connectivity index (χ4v) is 2.59. The summed E-state index contributed by atoms with van der Waals surface area (Å²) >= 11 is 0. The van der Waals surface area contributed by atoms with Crippen LogP contribution in [0, 0.1) is 0 Å². The topological polar surface area (TPSA) is 131 Å². The van der Waals surface area contributed by atoms with E-state index < -0.39 is 15.8 Å². The lowest BCUT2D eigenvalue weighted by Crippen LogP contribution is -2.41. The summed E-state index contributed by atoms with van der Waals surface area (Å²) in [4.78, 5) is 13.6. The number of aliphatic hydroxyl groups is 1. The van der Waals surface area contributed by atoms with E-state index in [1.165, 1.54) is 10.9 Å². The largest absolute Gasteiger partial charge is 0.393 e. The van der Waals surface area contributed by atoms with Crippen LogP contribution in [0.25, 0.3) is 0 Å². The summed E-state index contributed by atoms with van der Waals surface area (Å²) in [7, 11) is -3.66. The molecule has 0 radical (unpaired) electrons. The number of carbonyl (C=O) groups excluding carboxylic acids is 1. The molecule has 1 amide bonds. The Morgan fingerprint density at radius 1 is 1.45 bits per heavy atom. The lowest BCUT2D eigenvalue weighted by atomic mass is 10.1. The molecule has 3 N–H and O–H groups in total. The molecule has 0 spiro atoms. The van der Waals surface area contributed by atoms with Gasteiger partial charge in [0.2, 0.25) is 15.9 Å². The number of piperidine rings is 1. The van der Waals surface area contributed by atoms with Crippen molar-refractivity contribution in [1.82, 2.24) is 19.9 Å². The molecule has 2 rings (SSSR count).